The number of hydrogen-bond donors (Lipinski definition) is 3. The highest BCUT2D eigenvalue weighted by Gasteiger charge is 2.12. The number of benzene rings is 2. The molecule has 0 aliphatic rings. The van der Waals surface area contributed by atoms with Crippen LogP contribution in [0.3, 0.4) is 0 Å². The third kappa shape index (κ3) is 3.64. The summed E-state index contributed by atoms with van der Waals surface area (Å²) in [4.78, 5) is 12.0. The molecule has 4 nitrogen and oxygen atoms in total. The Bertz CT molecular complexity index is 676. The number of carbonyl (C=O) groups excluding carboxylic acids is 1. The van der Waals surface area contributed by atoms with Crippen molar-refractivity contribution in [2.75, 3.05) is 17.6 Å². The lowest BCUT2D eigenvalue weighted by molar-refractivity contribution is 0.0956. The smallest absolute Gasteiger partial charge is 0.253 e. The molecule has 0 spiro atoms. The molecule has 0 bridgehead atoms. The third-order valence-corrected chi connectivity index (χ3v) is 3.15. The van der Waals surface area contributed by atoms with Crippen molar-refractivity contribution in [3.63, 3.8) is 0 Å². The molecule has 2 rings (SSSR count). The molecule has 0 aliphatic heterocycles. The molecule has 1 amide bonds. The second-order valence-corrected chi connectivity index (χ2v) is 4.82. The predicted molar refractivity (Wildman–Crippen MR) is 83.6 cm³/mol. The average molecular weight is 308 g/mol. The molecule has 0 atom stereocenters. The van der Waals surface area contributed by atoms with Crippen LogP contribution in [0.4, 0.5) is 21.5 Å². The third-order valence-electron chi connectivity index (χ3n) is 2.82. The van der Waals surface area contributed by atoms with Crippen molar-refractivity contribution in [1.29, 1.82) is 0 Å². The molecule has 0 heterocycles. The predicted octanol–water partition coefficient (Wildman–Crippen LogP) is 3.55. The lowest BCUT2D eigenvalue weighted by Crippen LogP contribution is -2.23. The summed E-state index contributed by atoms with van der Waals surface area (Å²) in [6.45, 7) is 2.33. The molecule has 2 aromatic carbocycles. The van der Waals surface area contributed by atoms with Crippen molar-refractivity contribution in [2.45, 2.75) is 6.92 Å². The molecule has 0 radical (unpaired) electrons. The minimum atomic E-state index is -0.426. The summed E-state index contributed by atoms with van der Waals surface area (Å²) in [5, 5.41) is 6.00. The van der Waals surface area contributed by atoms with Crippen LogP contribution in [0.2, 0.25) is 5.02 Å². The van der Waals surface area contributed by atoms with Gasteiger partial charge in [-0.3, -0.25) is 4.79 Å². The summed E-state index contributed by atoms with van der Waals surface area (Å²) in [7, 11) is 0. The van der Waals surface area contributed by atoms with E-state index in [-0.39, 0.29) is 5.91 Å². The number of hydrogen-bond acceptors (Lipinski definition) is 3. The molecule has 4 N–H and O–H groups in total. The van der Waals surface area contributed by atoms with Crippen LogP contribution < -0.4 is 16.4 Å². The van der Waals surface area contributed by atoms with Crippen LogP contribution in [0.1, 0.15) is 17.3 Å². The van der Waals surface area contributed by atoms with Crippen LogP contribution in [-0.2, 0) is 0 Å². The number of nitrogens with one attached hydrogen (secondary N) is 2. The van der Waals surface area contributed by atoms with Crippen LogP contribution in [0.5, 0.6) is 0 Å². The van der Waals surface area contributed by atoms with Gasteiger partial charge in [0.05, 0.1) is 22.0 Å². The molecule has 0 saturated carbocycles. The van der Waals surface area contributed by atoms with E-state index in [1.165, 1.54) is 18.2 Å². The van der Waals surface area contributed by atoms with E-state index in [9.17, 15) is 9.18 Å². The highest BCUT2D eigenvalue weighted by Crippen LogP contribution is 2.29. The van der Waals surface area contributed by atoms with Crippen molar-refractivity contribution in [3.05, 3.63) is 52.8 Å². The van der Waals surface area contributed by atoms with Gasteiger partial charge in [-0.1, -0.05) is 11.6 Å². The van der Waals surface area contributed by atoms with E-state index >= 15 is 0 Å². The van der Waals surface area contributed by atoms with Gasteiger partial charge in [0.2, 0.25) is 0 Å². The first kappa shape index (κ1) is 15.1. The van der Waals surface area contributed by atoms with Crippen molar-refractivity contribution in [2.24, 2.45) is 0 Å². The van der Waals surface area contributed by atoms with E-state index in [4.69, 9.17) is 17.3 Å². The largest absolute Gasteiger partial charge is 0.399 e. The zero-order valence-corrected chi connectivity index (χ0v) is 12.2. The Kier molecular flexibility index (Phi) is 4.65. The Hall–Kier alpha value is -2.27. The molecule has 0 fully saturated rings. The van der Waals surface area contributed by atoms with Gasteiger partial charge in [0.15, 0.2) is 0 Å². The number of nitrogens with two attached hydrogens (primary N) is 1. The number of rotatable bonds is 4. The summed E-state index contributed by atoms with van der Waals surface area (Å²) in [6.07, 6.45) is 0. The van der Waals surface area contributed by atoms with Gasteiger partial charge in [-0.05, 0) is 43.3 Å². The van der Waals surface area contributed by atoms with Crippen molar-refractivity contribution in [3.8, 4) is 0 Å². The summed E-state index contributed by atoms with van der Waals surface area (Å²) in [5.74, 6) is -0.669. The molecule has 0 saturated heterocycles. The van der Waals surface area contributed by atoms with Crippen molar-refractivity contribution >= 4 is 34.6 Å². The minimum Gasteiger partial charge on any atom is -0.399 e. The Morgan fingerprint density at radius 3 is 2.71 bits per heavy atom. The van der Waals surface area contributed by atoms with Crippen LogP contribution in [-0.4, -0.2) is 12.5 Å². The highest BCUT2D eigenvalue weighted by molar-refractivity contribution is 6.33. The van der Waals surface area contributed by atoms with Crippen LogP contribution in [0.25, 0.3) is 0 Å². The molecule has 110 valence electrons. The first-order chi connectivity index (χ1) is 10.0. The second kappa shape index (κ2) is 6.45. The van der Waals surface area contributed by atoms with Gasteiger partial charge >= 0.3 is 0 Å². The fourth-order valence-electron chi connectivity index (χ4n) is 1.86. The van der Waals surface area contributed by atoms with E-state index in [2.05, 4.69) is 10.6 Å². The fraction of sp³-hybridized carbons (Fsp3) is 0.133. The first-order valence-electron chi connectivity index (χ1n) is 6.41. The summed E-state index contributed by atoms with van der Waals surface area (Å²) in [5.41, 5.74) is 7.47. The average Bonchev–Trinajstić information content (AvgIpc) is 2.43. The Morgan fingerprint density at radius 2 is 2.00 bits per heavy atom. The topological polar surface area (TPSA) is 67.2 Å². The van der Waals surface area contributed by atoms with Crippen LogP contribution >= 0.6 is 11.6 Å². The molecule has 0 unspecified atom stereocenters. The molecular formula is C15H15ClFN3O. The molecule has 0 aliphatic carbocycles. The summed E-state index contributed by atoms with van der Waals surface area (Å²) < 4.78 is 13.3. The number of amides is 1. The van der Waals surface area contributed by atoms with Crippen molar-refractivity contribution < 1.29 is 9.18 Å². The number of carbonyl (C=O) groups is 1. The number of anilines is 3. The monoisotopic (exact) mass is 307 g/mol. The first-order valence-corrected chi connectivity index (χ1v) is 6.79. The van der Waals surface area contributed by atoms with E-state index in [0.717, 1.165) is 0 Å². The van der Waals surface area contributed by atoms with Crippen LogP contribution in [0.15, 0.2) is 36.4 Å². The molecule has 2 aromatic rings. The SMILES string of the molecule is CCNC(=O)c1ccc(N)cc1Nc1cc(F)ccc1Cl. The normalized spacial score (nSPS) is 10.2. The standard InChI is InChI=1S/C15H15ClFN3O/c1-2-19-15(21)11-5-4-10(18)8-13(11)20-14-7-9(17)3-6-12(14)16/h3-8,20H,2,18H2,1H3,(H,19,21). The van der Waals surface area contributed by atoms with E-state index in [1.807, 2.05) is 6.92 Å². The van der Waals surface area contributed by atoms with Gasteiger partial charge in [0.1, 0.15) is 5.82 Å². The van der Waals surface area contributed by atoms with Gasteiger partial charge in [0.25, 0.3) is 5.91 Å². The molecule has 6 heteroatoms. The maximum absolute atomic E-state index is 13.3. The van der Waals surface area contributed by atoms with Gasteiger partial charge < -0.3 is 16.4 Å². The zero-order chi connectivity index (χ0) is 15.4. The van der Waals surface area contributed by atoms with Gasteiger partial charge in [-0.15, -0.1) is 0 Å². The number of halogens is 2. The molecule has 21 heavy (non-hydrogen) atoms. The fourth-order valence-corrected chi connectivity index (χ4v) is 2.02. The van der Waals surface area contributed by atoms with E-state index in [1.54, 1.807) is 18.2 Å². The minimum absolute atomic E-state index is 0.243. The van der Waals surface area contributed by atoms with Gasteiger partial charge in [-0.2, -0.15) is 0 Å². The molecule has 0 aromatic heterocycles. The number of nitrogen functional groups attached to an aromatic ring is 1. The highest BCUT2D eigenvalue weighted by atomic mass is 35.5. The Labute approximate surface area is 127 Å². The maximum Gasteiger partial charge on any atom is 0.253 e. The van der Waals surface area contributed by atoms with Crippen LogP contribution in [0, 0.1) is 5.82 Å². The lowest BCUT2D eigenvalue weighted by Gasteiger charge is -2.14. The summed E-state index contributed by atoms with van der Waals surface area (Å²) >= 11 is 6.02. The Balaban J connectivity index is 2.40. The van der Waals surface area contributed by atoms with Gasteiger partial charge in [0, 0.05) is 12.2 Å². The quantitative estimate of drug-likeness (QED) is 0.757. The van der Waals surface area contributed by atoms with Crippen molar-refractivity contribution in [1.82, 2.24) is 5.32 Å². The summed E-state index contributed by atoms with van der Waals surface area (Å²) in [6, 6.07) is 8.80. The second-order valence-electron chi connectivity index (χ2n) is 4.41. The molecular weight excluding hydrogens is 293 g/mol. The lowest BCUT2D eigenvalue weighted by atomic mass is 10.1. The Morgan fingerprint density at radius 1 is 1.24 bits per heavy atom. The van der Waals surface area contributed by atoms with E-state index < -0.39 is 5.82 Å². The van der Waals surface area contributed by atoms with E-state index in [0.29, 0.717) is 34.2 Å². The maximum atomic E-state index is 13.3. The zero-order valence-electron chi connectivity index (χ0n) is 11.4. The van der Waals surface area contributed by atoms with Gasteiger partial charge in [-0.25, -0.2) is 4.39 Å².